The van der Waals surface area contributed by atoms with Gasteiger partial charge in [0.05, 0.1) is 39.1 Å². The van der Waals surface area contributed by atoms with Crippen molar-refractivity contribution in [3.8, 4) is 11.5 Å². The smallest absolute Gasteiger partial charge is 0.330 e. The lowest BCUT2D eigenvalue weighted by Crippen LogP contribution is -2.10. The second-order valence-corrected chi connectivity index (χ2v) is 10.4. The van der Waals surface area contributed by atoms with Gasteiger partial charge in [-0.2, -0.15) is 0 Å². The Kier molecular flexibility index (Phi) is 8.46. The first kappa shape index (κ1) is 25.9. The molecule has 0 bridgehead atoms. The number of fused-ring (bicyclic) bond motifs is 3. The van der Waals surface area contributed by atoms with E-state index < -0.39 is 7.60 Å². The van der Waals surface area contributed by atoms with Gasteiger partial charge in [-0.1, -0.05) is 12.1 Å². The van der Waals surface area contributed by atoms with Crippen LogP contribution < -0.4 is 14.8 Å². The first-order valence-corrected chi connectivity index (χ1v) is 13.8. The molecule has 1 N–H and O–H groups in total. The van der Waals surface area contributed by atoms with E-state index in [1.54, 1.807) is 20.5 Å². The highest BCUT2D eigenvalue weighted by Gasteiger charge is 2.23. The Morgan fingerprint density at radius 2 is 1.64 bits per heavy atom. The Balaban J connectivity index is 1.67. The Hall–Kier alpha value is -3.13. The number of hydrogen-bond acceptors (Lipinski definition) is 8. The number of methoxy groups -OCH3 is 2. The van der Waals surface area contributed by atoms with E-state index >= 15 is 0 Å². The van der Waals surface area contributed by atoms with Gasteiger partial charge in [0.25, 0.3) is 0 Å². The monoisotopic (exact) mass is 512 g/mol. The van der Waals surface area contributed by atoms with Crippen LogP contribution in [-0.2, 0) is 20.2 Å². The van der Waals surface area contributed by atoms with E-state index in [0.717, 1.165) is 39.0 Å². The van der Waals surface area contributed by atoms with E-state index in [9.17, 15) is 4.57 Å². The molecule has 9 nitrogen and oxygen atoms in total. The standard InChI is InChI=1S/C26H33N4O5P/c1-5-34-36(31,35-6-2)15-7-14-27-26-25-24(28-18-29-26)22-13-12-21(33-4)16-23(22)30(25)17-19-8-10-20(32-3)11-9-19/h8-13,16,18H,5-7,14-15,17H2,1-4H3,(H,27,28,29). The van der Waals surface area contributed by atoms with Crippen molar-refractivity contribution in [3.05, 3.63) is 54.4 Å². The van der Waals surface area contributed by atoms with Gasteiger partial charge in [0.2, 0.25) is 0 Å². The molecule has 2 aromatic heterocycles. The molecule has 0 aliphatic heterocycles. The van der Waals surface area contributed by atoms with Crippen molar-refractivity contribution in [2.75, 3.05) is 45.5 Å². The molecular weight excluding hydrogens is 479 g/mol. The molecule has 0 saturated carbocycles. The van der Waals surface area contributed by atoms with Crippen LogP contribution in [0.4, 0.5) is 5.82 Å². The highest BCUT2D eigenvalue weighted by Crippen LogP contribution is 2.48. The zero-order valence-electron chi connectivity index (χ0n) is 21.2. The normalized spacial score (nSPS) is 11.8. The number of anilines is 1. The fourth-order valence-corrected chi connectivity index (χ4v) is 5.93. The van der Waals surface area contributed by atoms with Crippen molar-refractivity contribution < 1.29 is 23.1 Å². The highest BCUT2D eigenvalue weighted by molar-refractivity contribution is 7.53. The lowest BCUT2D eigenvalue weighted by Gasteiger charge is -2.17. The molecule has 192 valence electrons. The quantitative estimate of drug-likeness (QED) is 0.180. The van der Waals surface area contributed by atoms with E-state index in [1.165, 1.54) is 0 Å². The Bertz CT molecular complexity index is 1350. The van der Waals surface area contributed by atoms with Crippen LogP contribution in [0.15, 0.2) is 48.8 Å². The number of ether oxygens (including phenoxy) is 2. The van der Waals surface area contributed by atoms with Gasteiger partial charge in [-0.15, -0.1) is 0 Å². The van der Waals surface area contributed by atoms with Crippen molar-refractivity contribution in [1.82, 2.24) is 14.5 Å². The Morgan fingerprint density at radius 1 is 0.944 bits per heavy atom. The summed E-state index contributed by atoms with van der Waals surface area (Å²) in [7, 11) is 0.233. The number of benzene rings is 2. The van der Waals surface area contributed by atoms with Gasteiger partial charge in [0, 0.05) is 24.5 Å². The molecular formula is C26H33N4O5P. The third kappa shape index (κ3) is 5.64. The van der Waals surface area contributed by atoms with Gasteiger partial charge in [-0.25, -0.2) is 9.97 Å². The minimum atomic E-state index is -3.09. The maximum Gasteiger partial charge on any atom is 0.330 e. The van der Waals surface area contributed by atoms with Crippen molar-refractivity contribution in [2.24, 2.45) is 0 Å². The van der Waals surface area contributed by atoms with Crippen molar-refractivity contribution in [2.45, 2.75) is 26.8 Å². The maximum atomic E-state index is 12.8. The summed E-state index contributed by atoms with van der Waals surface area (Å²) < 4.78 is 36.6. The summed E-state index contributed by atoms with van der Waals surface area (Å²) in [5.41, 5.74) is 3.87. The SMILES string of the molecule is CCOP(=O)(CCCNc1ncnc2c3ccc(OC)cc3n(Cc3ccc(OC)cc3)c12)OCC. The van der Waals surface area contributed by atoms with E-state index in [1.807, 2.05) is 56.3 Å². The molecule has 4 aromatic rings. The van der Waals surface area contributed by atoms with Crippen molar-refractivity contribution in [3.63, 3.8) is 0 Å². The van der Waals surface area contributed by atoms with Gasteiger partial charge in [-0.05, 0) is 50.1 Å². The molecule has 0 radical (unpaired) electrons. The molecule has 4 rings (SSSR count). The predicted octanol–water partition coefficient (Wildman–Crippen LogP) is 5.72. The van der Waals surface area contributed by atoms with Gasteiger partial charge in [0.15, 0.2) is 5.82 Å². The Labute approximate surface area is 211 Å². The predicted molar refractivity (Wildman–Crippen MR) is 143 cm³/mol. The molecule has 0 aliphatic rings. The zero-order valence-corrected chi connectivity index (χ0v) is 22.1. The largest absolute Gasteiger partial charge is 0.497 e. The van der Waals surface area contributed by atoms with Gasteiger partial charge in [0.1, 0.15) is 28.9 Å². The minimum Gasteiger partial charge on any atom is -0.497 e. The highest BCUT2D eigenvalue weighted by atomic mass is 31.2. The van der Waals surface area contributed by atoms with Gasteiger partial charge < -0.3 is 28.4 Å². The third-order valence-electron chi connectivity index (χ3n) is 5.90. The molecule has 36 heavy (non-hydrogen) atoms. The number of nitrogens with one attached hydrogen (secondary N) is 1. The van der Waals surface area contributed by atoms with Crippen molar-refractivity contribution >= 4 is 35.3 Å². The molecule has 0 fully saturated rings. The molecule has 0 aliphatic carbocycles. The number of nitrogens with zero attached hydrogens (tertiary/aromatic N) is 3. The summed E-state index contributed by atoms with van der Waals surface area (Å²) in [6, 6.07) is 14.0. The average Bonchev–Trinajstić information content (AvgIpc) is 3.20. The summed E-state index contributed by atoms with van der Waals surface area (Å²) in [5.74, 6) is 2.29. The molecule has 2 aromatic carbocycles. The van der Waals surface area contributed by atoms with Crippen LogP contribution >= 0.6 is 7.60 Å². The number of aromatic nitrogens is 3. The van der Waals surface area contributed by atoms with Gasteiger partial charge >= 0.3 is 7.60 Å². The fourth-order valence-electron chi connectivity index (χ4n) is 4.26. The lowest BCUT2D eigenvalue weighted by molar-refractivity contribution is 0.220. The second kappa shape index (κ2) is 11.7. The van der Waals surface area contributed by atoms with Crippen LogP contribution in [0.5, 0.6) is 11.5 Å². The van der Waals surface area contributed by atoms with Gasteiger partial charge in [-0.3, -0.25) is 4.57 Å². The topological polar surface area (TPSA) is 96.7 Å². The van der Waals surface area contributed by atoms with E-state index in [4.69, 9.17) is 18.5 Å². The first-order valence-electron chi connectivity index (χ1n) is 12.1. The minimum absolute atomic E-state index is 0.335. The van der Waals surface area contributed by atoms with Crippen LogP contribution in [0.2, 0.25) is 0 Å². The Morgan fingerprint density at radius 3 is 2.31 bits per heavy atom. The molecule has 0 atom stereocenters. The zero-order chi connectivity index (χ0) is 25.5. The van der Waals surface area contributed by atoms with E-state index in [-0.39, 0.29) is 0 Å². The number of rotatable bonds is 13. The molecule has 0 saturated heterocycles. The van der Waals surface area contributed by atoms with Crippen LogP contribution in [0, 0.1) is 0 Å². The lowest BCUT2D eigenvalue weighted by atomic mass is 10.2. The molecule has 10 heteroatoms. The molecule has 0 spiro atoms. The molecule has 0 amide bonds. The van der Waals surface area contributed by atoms with Crippen LogP contribution in [-0.4, -0.2) is 54.7 Å². The number of hydrogen-bond donors (Lipinski definition) is 1. The van der Waals surface area contributed by atoms with E-state index in [0.29, 0.717) is 44.7 Å². The van der Waals surface area contributed by atoms with Crippen LogP contribution in [0.1, 0.15) is 25.8 Å². The average molecular weight is 513 g/mol. The first-order chi connectivity index (χ1) is 17.5. The summed E-state index contributed by atoms with van der Waals surface area (Å²) in [4.78, 5) is 9.17. The fraction of sp³-hybridized carbons (Fsp3) is 0.385. The summed E-state index contributed by atoms with van der Waals surface area (Å²) in [6.07, 6.45) is 2.51. The summed E-state index contributed by atoms with van der Waals surface area (Å²) in [6.45, 7) is 5.52. The maximum absolute atomic E-state index is 12.8. The summed E-state index contributed by atoms with van der Waals surface area (Å²) in [5, 5.41) is 4.44. The second-order valence-electron chi connectivity index (χ2n) is 8.19. The molecule has 0 unspecified atom stereocenters. The summed E-state index contributed by atoms with van der Waals surface area (Å²) >= 11 is 0. The van der Waals surface area contributed by atoms with Crippen LogP contribution in [0.3, 0.4) is 0 Å². The molecule has 2 heterocycles. The third-order valence-corrected chi connectivity index (χ3v) is 8.06. The van der Waals surface area contributed by atoms with E-state index in [2.05, 4.69) is 19.9 Å². The van der Waals surface area contributed by atoms with Crippen LogP contribution in [0.25, 0.3) is 21.9 Å². The van der Waals surface area contributed by atoms with Crippen molar-refractivity contribution in [1.29, 1.82) is 0 Å².